The van der Waals surface area contributed by atoms with Crippen LogP contribution in [0.1, 0.15) is 24.4 Å². The van der Waals surface area contributed by atoms with Crippen LogP contribution in [0.2, 0.25) is 0 Å². The fraction of sp³-hybridized carbons (Fsp3) is 0.278. The van der Waals surface area contributed by atoms with Gasteiger partial charge in [0.05, 0.1) is 18.7 Å². The van der Waals surface area contributed by atoms with Crippen LogP contribution in [0, 0.1) is 5.92 Å². The van der Waals surface area contributed by atoms with Gasteiger partial charge in [-0.2, -0.15) is 4.98 Å². The maximum Gasteiger partial charge on any atom is 0.246 e. The van der Waals surface area contributed by atoms with Crippen molar-refractivity contribution in [2.45, 2.75) is 25.8 Å². The summed E-state index contributed by atoms with van der Waals surface area (Å²) >= 11 is 1.32. The molecule has 1 aromatic carbocycles. The van der Waals surface area contributed by atoms with Crippen molar-refractivity contribution in [1.82, 2.24) is 20.4 Å². The summed E-state index contributed by atoms with van der Waals surface area (Å²) < 4.78 is 5.16. The predicted octanol–water partition coefficient (Wildman–Crippen LogP) is 2.40. The van der Waals surface area contributed by atoms with E-state index in [0.29, 0.717) is 22.5 Å². The number of hydrogen-bond acceptors (Lipinski definition) is 7. The summed E-state index contributed by atoms with van der Waals surface area (Å²) in [6, 6.07) is 9.46. The summed E-state index contributed by atoms with van der Waals surface area (Å²) in [5.74, 6) is 0.731. The molecule has 0 spiro atoms. The lowest BCUT2D eigenvalue weighted by atomic mass is 10.2. The van der Waals surface area contributed by atoms with E-state index in [1.165, 1.54) is 11.3 Å². The Bertz CT molecular complexity index is 949. The van der Waals surface area contributed by atoms with Crippen molar-refractivity contribution in [2.75, 3.05) is 5.32 Å². The van der Waals surface area contributed by atoms with Gasteiger partial charge in [-0.05, 0) is 12.8 Å². The lowest BCUT2D eigenvalue weighted by Crippen LogP contribution is -2.24. The maximum atomic E-state index is 12.1. The summed E-state index contributed by atoms with van der Waals surface area (Å²) in [6.07, 6.45) is 2.00. The molecule has 9 heteroatoms. The number of carbonyl (C=O) groups excluding carboxylic acids is 2. The van der Waals surface area contributed by atoms with Crippen LogP contribution in [0.4, 0.5) is 5.13 Å². The van der Waals surface area contributed by atoms with Crippen LogP contribution in [0.5, 0.6) is 0 Å². The van der Waals surface area contributed by atoms with Gasteiger partial charge in [-0.25, -0.2) is 4.98 Å². The molecule has 0 atom stereocenters. The van der Waals surface area contributed by atoms with E-state index in [4.69, 9.17) is 4.52 Å². The van der Waals surface area contributed by atoms with E-state index in [1.807, 2.05) is 30.3 Å². The number of aromatic nitrogens is 3. The van der Waals surface area contributed by atoms with Gasteiger partial charge >= 0.3 is 0 Å². The lowest BCUT2D eigenvalue weighted by Gasteiger charge is -2.00. The van der Waals surface area contributed by atoms with E-state index in [1.54, 1.807) is 5.38 Å². The monoisotopic (exact) mass is 383 g/mol. The first-order valence-electron chi connectivity index (χ1n) is 8.57. The van der Waals surface area contributed by atoms with Gasteiger partial charge in [-0.1, -0.05) is 35.5 Å². The molecule has 0 radical (unpaired) electrons. The average molecular weight is 383 g/mol. The van der Waals surface area contributed by atoms with E-state index in [-0.39, 0.29) is 30.7 Å². The molecule has 1 fully saturated rings. The molecule has 27 heavy (non-hydrogen) atoms. The molecule has 138 valence electrons. The van der Waals surface area contributed by atoms with Crippen molar-refractivity contribution >= 4 is 28.3 Å². The third kappa shape index (κ3) is 4.56. The molecular formula is C18H17N5O3S. The topological polar surface area (TPSA) is 110 Å². The first-order chi connectivity index (χ1) is 13.2. The average Bonchev–Trinajstić information content (AvgIpc) is 3.28. The summed E-state index contributed by atoms with van der Waals surface area (Å²) in [5.41, 5.74) is 1.46. The minimum absolute atomic E-state index is 0.00552. The van der Waals surface area contributed by atoms with Crippen molar-refractivity contribution in [3.8, 4) is 11.4 Å². The first kappa shape index (κ1) is 17.3. The zero-order valence-corrected chi connectivity index (χ0v) is 15.2. The fourth-order valence-corrected chi connectivity index (χ4v) is 3.14. The van der Waals surface area contributed by atoms with Crippen LogP contribution in [0.15, 0.2) is 40.2 Å². The number of carbonyl (C=O) groups is 2. The van der Waals surface area contributed by atoms with Gasteiger partial charge in [-0.15, -0.1) is 11.3 Å². The number of amides is 2. The van der Waals surface area contributed by atoms with E-state index in [0.717, 1.165) is 18.4 Å². The number of benzene rings is 1. The number of rotatable bonds is 7. The highest BCUT2D eigenvalue weighted by molar-refractivity contribution is 7.13. The highest BCUT2D eigenvalue weighted by atomic mass is 32.1. The Hall–Kier alpha value is -3.07. The molecule has 0 bridgehead atoms. The van der Waals surface area contributed by atoms with Crippen molar-refractivity contribution in [1.29, 1.82) is 0 Å². The minimum Gasteiger partial charge on any atom is -0.347 e. The first-order valence-corrected chi connectivity index (χ1v) is 9.45. The third-order valence-corrected chi connectivity index (χ3v) is 4.82. The number of hydrogen-bond donors (Lipinski definition) is 2. The minimum atomic E-state index is -0.208. The van der Waals surface area contributed by atoms with Crippen LogP contribution in [0.25, 0.3) is 11.4 Å². The standard InChI is InChI=1S/C18H17N5O3S/c24-14(8-13-10-27-18(20-13)22-17(25)12-6-7-12)19-9-15-21-16(23-26-15)11-4-2-1-3-5-11/h1-5,10,12H,6-9H2,(H,19,24)(H,20,22,25). The Morgan fingerprint density at radius 2 is 2.00 bits per heavy atom. The molecule has 0 unspecified atom stereocenters. The molecule has 2 N–H and O–H groups in total. The van der Waals surface area contributed by atoms with Gasteiger partial charge in [0.15, 0.2) is 5.13 Å². The van der Waals surface area contributed by atoms with E-state index < -0.39 is 0 Å². The van der Waals surface area contributed by atoms with Crippen molar-refractivity contribution in [2.24, 2.45) is 5.92 Å². The number of nitrogens with zero attached hydrogens (tertiary/aromatic N) is 3. The molecule has 0 saturated heterocycles. The number of anilines is 1. The van der Waals surface area contributed by atoms with E-state index >= 15 is 0 Å². The summed E-state index contributed by atoms with van der Waals surface area (Å²) in [4.78, 5) is 32.4. The van der Waals surface area contributed by atoms with E-state index in [2.05, 4.69) is 25.8 Å². The maximum absolute atomic E-state index is 12.1. The molecule has 1 aliphatic carbocycles. The predicted molar refractivity (Wildman–Crippen MR) is 98.8 cm³/mol. The summed E-state index contributed by atoms with van der Waals surface area (Å²) in [7, 11) is 0. The molecule has 2 heterocycles. The molecule has 0 aliphatic heterocycles. The Labute approximate surface area is 159 Å². The van der Waals surface area contributed by atoms with Crippen LogP contribution in [-0.4, -0.2) is 26.9 Å². The van der Waals surface area contributed by atoms with Crippen molar-refractivity contribution in [3.63, 3.8) is 0 Å². The molecule has 8 nitrogen and oxygen atoms in total. The molecule has 1 aliphatic rings. The Balaban J connectivity index is 1.27. The number of nitrogens with one attached hydrogen (secondary N) is 2. The second-order valence-electron chi connectivity index (χ2n) is 6.24. The Morgan fingerprint density at radius 3 is 2.78 bits per heavy atom. The molecule has 2 aromatic heterocycles. The van der Waals surface area contributed by atoms with Crippen LogP contribution < -0.4 is 10.6 Å². The van der Waals surface area contributed by atoms with Gasteiger partial charge in [0.25, 0.3) is 0 Å². The number of thiazole rings is 1. The Morgan fingerprint density at radius 1 is 1.19 bits per heavy atom. The smallest absolute Gasteiger partial charge is 0.246 e. The molecule has 4 rings (SSSR count). The quantitative estimate of drug-likeness (QED) is 0.648. The van der Waals surface area contributed by atoms with Gasteiger partial charge in [0, 0.05) is 16.9 Å². The Kier molecular flexibility index (Phi) is 4.93. The van der Waals surface area contributed by atoms with Crippen molar-refractivity contribution in [3.05, 3.63) is 47.3 Å². The highest BCUT2D eigenvalue weighted by Gasteiger charge is 2.30. The molecule has 3 aromatic rings. The van der Waals surface area contributed by atoms with Crippen LogP contribution in [0.3, 0.4) is 0 Å². The summed E-state index contributed by atoms with van der Waals surface area (Å²) in [5, 5.41) is 11.7. The fourth-order valence-electron chi connectivity index (χ4n) is 2.43. The van der Waals surface area contributed by atoms with Crippen LogP contribution >= 0.6 is 11.3 Å². The van der Waals surface area contributed by atoms with Crippen molar-refractivity contribution < 1.29 is 14.1 Å². The van der Waals surface area contributed by atoms with E-state index in [9.17, 15) is 9.59 Å². The molecule has 2 amide bonds. The lowest BCUT2D eigenvalue weighted by molar-refractivity contribution is -0.120. The zero-order valence-electron chi connectivity index (χ0n) is 14.3. The van der Waals surface area contributed by atoms with Gasteiger partial charge in [0.2, 0.25) is 23.5 Å². The second kappa shape index (κ2) is 7.67. The van der Waals surface area contributed by atoms with Gasteiger partial charge in [-0.3, -0.25) is 9.59 Å². The molecular weight excluding hydrogens is 366 g/mol. The largest absolute Gasteiger partial charge is 0.347 e. The normalized spacial score (nSPS) is 13.3. The SMILES string of the molecule is O=C(Cc1csc(NC(=O)C2CC2)n1)NCc1nc(-c2ccccc2)no1. The van der Waals surface area contributed by atoms with Gasteiger partial charge in [0.1, 0.15) is 0 Å². The molecule has 1 saturated carbocycles. The van der Waals surface area contributed by atoms with Gasteiger partial charge < -0.3 is 15.2 Å². The van der Waals surface area contributed by atoms with Crippen LogP contribution in [-0.2, 0) is 22.6 Å². The highest BCUT2D eigenvalue weighted by Crippen LogP contribution is 2.30. The summed E-state index contributed by atoms with van der Waals surface area (Å²) in [6.45, 7) is 0.147. The second-order valence-corrected chi connectivity index (χ2v) is 7.10. The third-order valence-electron chi connectivity index (χ3n) is 4.01. The zero-order chi connectivity index (χ0) is 18.6.